The number of β-amino-alcohol motifs (C(OH)–C–C–N with tert-alkyl or cyclic N) is 1. The fourth-order valence-electron chi connectivity index (χ4n) is 8.88. The smallest absolute Gasteiger partial charge is 0.319 e. The highest BCUT2D eigenvalue weighted by Crippen LogP contribution is 2.50. The Kier molecular flexibility index (Phi) is 8.29. The van der Waals surface area contributed by atoms with Crippen LogP contribution in [0.1, 0.15) is 49.3 Å². The fourth-order valence-corrected chi connectivity index (χ4v) is 9.81. The monoisotopic (exact) mass is 717 g/mol. The zero-order valence-electron chi connectivity index (χ0n) is 28.6. The average Bonchev–Trinajstić information content (AvgIpc) is 3.41. The Hall–Kier alpha value is -3.71. The van der Waals surface area contributed by atoms with Crippen molar-refractivity contribution in [3.63, 3.8) is 0 Å². The number of aliphatic hydroxyl groups is 1. The van der Waals surface area contributed by atoms with E-state index < -0.39 is 17.7 Å². The van der Waals surface area contributed by atoms with Crippen LogP contribution in [0.5, 0.6) is 6.01 Å². The number of likely N-dealkylation sites (tertiary alicyclic amines) is 1. The molecule has 1 aliphatic carbocycles. The lowest BCUT2D eigenvalue weighted by atomic mass is 9.90. The highest BCUT2D eigenvalue weighted by molar-refractivity contribution is 7.23. The van der Waals surface area contributed by atoms with E-state index >= 15 is 8.78 Å². The van der Waals surface area contributed by atoms with E-state index in [4.69, 9.17) is 29.9 Å². The normalized spacial score (nSPS) is 23.5. The number of fused-ring (bicyclic) bond motifs is 6. The predicted molar refractivity (Wildman–Crippen MR) is 190 cm³/mol. The number of benzene rings is 2. The van der Waals surface area contributed by atoms with Crippen LogP contribution in [0.3, 0.4) is 0 Å². The molecular weight excluding hydrogens is 677 g/mol. The van der Waals surface area contributed by atoms with Gasteiger partial charge in [-0.25, -0.2) is 8.78 Å². The van der Waals surface area contributed by atoms with Crippen molar-refractivity contribution in [3.05, 3.63) is 40.5 Å². The molecule has 14 heteroatoms. The van der Waals surface area contributed by atoms with Crippen molar-refractivity contribution in [1.29, 1.82) is 5.26 Å². The van der Waals surface area contributed by atoms with Crippen LogP contribution in [-0.2, 0) is 22.7 Å². The van der Waals surface area contributed by atoms with Crippen molar-refractivity contribution in [2.75, 3.05) is 69.7 Å². The maximum absolute atomic E-state index is 17.5. The molecule has 2 bridgehead atoms. The van der Waals surface area contributed by atoms with Gasteiger partial charge >= 0.3 is 6.01 Å². The van der Waals surface area contributed by atoms with Gasteiger partial charge in [0, 0.05) is 78.0 Å². The molecule has 4 fully saturated rings. The van der Waals surface area contributed by atoms with Crippen LogP contribution in [0.4, 0.5) is 19.6 Å². The summed E-state index contributed by atoms with van der Waals surface area (Å²) in [6.45, 7) is 8.65. The Labute approximate surface area is 298 Å². The molecule has 2 aromatic heterocycles. The third kappa shape index (κ3) is 5.69. The number of piperazine rings is 1. The number of nitrogens with zero attached hydrogens (tertiary/aromatic N) is 6. The molecule has 0 spiro atoms. The first-order chi connectivity index (χ1) is 24.7. The molecule has 2 aromatic carbocycles. The molecule has 2 unspecified atom stereocenters. The molecule has 3 N–H and O–H groups in total. The van der Waals surface area contributed by atoms with E-state index in [0.29, 0.717) is 40.0 Å². The second-order valence-electron chi connectivity index (χ2n) is 15.0. The maximum atomic E-state index is 17.5. The lowest BCUT2D eigenvalue weighted by molar-refractivity contribution is 0.0231. The molecule has 0 amide bonds. The molecule has 51 heavy (non-hydrogen) atoms. The number of nitrogen functional groups attached to an aromatic ring is 1. The predicted octanol–water partition coefficient (Wildman–Crippen LogP) is 4.80. The van der Waals surface area contributed by atoms with Gasteiger partial charge in [-0.15, -0.1) is 11.3 Å². The summed E-state index contributed by atoms with van der Waals surface area (Å²) in [5.74, 6) is -0.737. The Morgan fingerprint density at radius 1 is 1.06 bits per heavy atom. The highest BCUT2D eigenvalue weighted by atomic mass is 32.1. The maximum Gasteiger partial charge on any atom is 0.319 e. The van der Waals surface area contributed by atoms with Gasteiger partial charge in [-0.05, 0) is 55.9 Å². The minimum absolute atomic E-state index is 0.00460. The molecule has 5 aliphatic rings. The zero-order chi connectivity index (χ0) is 35.0. The molecule has 11 nitrogen and oxygen atoms in total. The van der Waals surface area contributed by atoms with Gasteiger partial charge in [0.15, 0.2) is 5.82 Å². The summed E-state index contributed by atoms with van der Waals surface area (Å²) >= 11 is 1.18. The lowest BCUT2D eigenvalue weighted by Crippen LogP contribution is -2.55. The Balaban J connectivity index is 1.20. The molecule has 0 radical (unpaired) electrons. The molecule has 1 saturated carbocycles. The van der Waals surface area contributed by atoms with Crippen LogP contribution in [0, 0.1) is 28.4 Å². The highest BCUT2D eigenvalue weighted by Gasteiger charge is 2.46. The lowest BCUT2D eigenvalue weighted by Gasteiger charge is -2.42. The molecule has 268 valence electrons. The van der Waals surface area contributed by atoms with Crippen molar-refractivity contribution >= 4 is 43.1 Å². The zero-order valence-corrected chi connectivity index (χ0v) is 29.4. The quantitative estimate of drug-likeness (QED) is 0.248. The number of nitriles is 1. The first-order valence-electron chi connectivity index (χ1n) is 17.9. The number of thiophene rings is 1. The first kappa shape index (κ1) is 33.1. The summed E-state index contributed by atoms with van der Waals surface area (Å²) < 4.78 is 52.2. The number of nitrogens with two attached hydrogens (primary N) is 1. The number of aliphatic hydroxyl groups excluding tert-OH is 1. The van der Waals surface area contributed by atoms with Gasteiger partial charge in [-0.2, -0.15) is 15.2 Å². The third-order valence-electron chi connectivity index (χ3n) is 11.4. The first-order valence-corrected chi connectivity index (χ1v) is 18.7. The van der Waals surface area contributed by atoms with E-state index in [0.717, 1.165) is 77.2 Å². The van der Waals surface area contributed by atoms with E-state index in [-0.39, 0.29) is 63.9 Å². The number of hydrogen-bond donors (Lipinski definition) is 2. The van der Waals surface area contributed by atoms with Crippen LogP contribution in [0.15, 0.2) is 12.1 Å². The number of anilines is 2. The van der Waals surface area contributed by atoms with E-state index in [9.17, 15) is 10.4 Å². The van der Waals surface area contributed by atoms with Gasteiger partial charge in [-0.3, -0.25) is 9.80 Å². The van der Waals surface area contributed by atoms with Crippen molar-refractivity contribution in [2.24, 2.45) is 5.41 Å². The van der Waals surface area contributed by atoms with Gasteiger partial charge in [0.1, 0.15) is 28.2 Å². The Morgan fingerprint density at radius 2 is 1.80 bits per heavy atom. The molecular formula is C37H41F2N7O4S. The second kappa shape index (κ2) is 12.8. The van der Waals surface area contributed by atoms with E-state index in [2.05, 4.69) is 20.8 Å². The van der Waals surface area contributed by atoms with E-state index in [1.54, 1.807) is 13.0 Å². The van der Waals surface area contributed by atoms with Gasteiger partial charge in [0.25, 0.3) is 0 Å². The third-order valence-corrected chi connectivity index (χ3v) is 12.4. The minimum atomic E-state index is -0.697. The molecule has 4 aromatic rings. The fraction of sp³-hybridized carbons (Fsp3) is 0.541. The molecule has 6 heterocycles. The molecule has 3 saturated heterocycles. The molecule has 4 aliphatic heterocycles. The molecule has 3 atom stereocenters. The summed E-state index contributed by atoms with van der Waals surface area (Å²) in [4.78, 5) is 16.9. The minimum Gasteiger partial charge on any atom is -0.463 e. The van der Waals surface area contributed by atoms with Gasteiger partial charge in [0.05, 0.1) is 50.1 Å². The standard InChI is InChI=1S/C37H41F2N7O4S/c1-20(47)13-45-14-21-2-3-22(15-45)46(21)35-30-25-17-49-16-24(25)29(31-26(38)4-5-27-28(31)23(12-40)34(41)51-27)32(39)33(30)42-36(43-35)50-19-37(6-7-37)18-44-8-10-48-11-9-44/h4-5,20-22,47H,2-3,6-11,13-19,41H2,1H3/t20-,21?,22?/m1/s1. The van der Waals surface area contributed by atoms with Gasteiger partial charge in [-0.1, -0.05) is 0 Å². The van der Waals surface area contributed by atoms with E-state index in [1.165, 1.54) is 17.4 Å². The van der Waals surface area contributed by atoms with Crippen molar-refractivity contribution < 1.29 is 28.1 Å². The summed E-state index contributed by atoms with van der Waals surface area (Å²) in [6, 6.07) is 5.30. The summed E-state index contributed by atoms with van der Waals surface area (Å²) in [7, 11) is 0. The van der Waals surface area contributed by atoms with Crippen LogP contribution in [0.25, 0.3) is 32.1 Å². The number of morpholine rings is 1. The van der Waals surface area contributed by atoms with Crippen LogP contribution in [-0.4, -0.2) is 102 Å². The topological polar surface area (TPSA) is 133 Å². The largest absolute Gasteiger partial charge is 0.463 e. The number of ether oxygens (including phenoxy) is 3. The van der Waals surface area contributed by atoms with Crippen molar-refractivity contribution in [1.82, 2.24) is 19.8 Å². The number of halogens is 2. The van der Waals surface area contributed by atoms with Gasteiger partial charge < -0.3 is 30.0 Å². The van der Waals surface area contributed by atoms with Crippen molar-refractivity contribution in [3.8, 4) is 23.2 Å². The SMILES string of the molecule is C[C@@H](O)CN1CC2CCC(C1)N2c1nc(OCC2(CN3CCOCC3)CC2)nc2c(F)c(-c3c(F)ccc4sc(N)c(C#N)c34)c3c(c12)COC3. The summed E-state index contributed by atoms with van der Waals surface area (Å²) in [5.41, 5.74) is 7.65. The number of rotatable bonds is 9. The molecule has 9 rings (SSSR count). The van der Waals surface area contributed by atoms with Crippen LogP contribution < -0.4 is 15.4 Å². The number of hydrogen-bond acceptors (Lipinski definition) is 12. The van der Waals surface area contributed by atoms with E-state index in [1.807, 2.05) is 0 Å². The summed E-state index contributed by atoms with van der Waals surface area (Å²) in [6.07, 6.45) is 3.49. The Morgan fingerprint density at radius 3 is 2.51 bits per heavy atom. The summed E-state index contributed by atoms with van der Waals surface area (Å²) in [5, 5.41) is 21.3. The van der Waals surface area contributed by atoms with Crippen LogP contribution in [0.2, 0.25) is 0 Å². The number of aromatic nitrogens is 2. The van der Waals surface area contributed by atoms with Crippen LogP contribution >= 0.6 is 11.3 Å². The second-order valence-corrected chi connectivity index (χ2v) is 16.1. The average molecular weight is 718 g/mol. The van der Waals surface area contributed by atoms with Crippen molar-refractivity contribution in [2.45, 2.75) is 64.0 Å². The Bertz CT molecular complexity index is 2060. The van der Waals surface area contributed by atoms with Gasteiger partial charge in [0.2, 0.25) is 0 Å².